The second kappa shape index (κ2) is 16.3. The average Bonchev–Trinajstić information content (AvgIpc) is 2.95. The Bertz CT molecular complexity index is 1650. The summed E-state index contributed by atoms with van der Waals surface area (Å²) in [6.07, 6.45) is 3.67. The molecule has 282 valence electrons. The molecule has 0 atom stereocenters. The standard InChI is InChI=1S/2C16H23N5.Cu.F6P/c2*1-19(2)14-10-11-17-15-12(14)8-7-9-13(15)18-16(20(3)4)21(5)6;;1-7(2,3,4,5)6/h2*7-11H,1-6H3;;/q;;+1;-1. The Morgan fingerprint density at radius 2 is 0.780 bits per heavy atom. The summed E-state index contributed by atoms with van der Waals surface area (Å²) in [7, 11) is 13.4. The molecule has 0 unspecified atom stereocenters. The summed E-state index contributed by atoms with van der Waals surface area (Å²) in [5, 5.41) is 2.22. The number of para-hydroxylation sites is 2. The van der Waals surface area contributed by atoms with E-state index in [-0.39, 0.29) is 17.1 Å². The van der Waals surface area contributed by atoms with Gasteiger partial charge in [0.25, 0.3) is 0 Å². The number of guanidine groups is 2. The van der Waals surface area contributed by atoms with Gasteiger partial charge >= 0.3 is 50.1 Å². The summed E-state index contributed by atoms with van der Waals surface area (Å²) in [6.45, 7) is 0. The zero-order valence-electron chi connectivity index (χ0n) is 30.3. The van der Waals surface area contributed by atoms with Crippen LogP contribution in [0.1, 0.15) is 0 Å². The van der Waals surface area contributed by atoms with Crippen LogP contribution in [0.4, 0.5) is 47.9 Å². The number of pyridine rings is 2. The quantitative estimate of drug-likeness (QED) is 0.0676. The molecule has 2 aromatic heterocycles. The van der Waals surface area contributed by atoms with Crippen molar-refractivity contribution in [2.24, 2.45) is 9.98 Å². The summed E-state index contributed by atoms with van der Waals surface area (Å²) < 4.78 is 59.2. The molecule has 0 fully saturated rings. The van der Waals surface area contributed by atoms with Crippen LogP contribution >= 0.6 is 7.81 Å². The molecule has 0 bridgehead atoms. The first-order valence-corrected chi connectivity index (χ1v) is 16.8. The fourth-order valence-electron chi connectivity index (χ4n) is 4.67. The van der Waals surface area contributed by atoms with Crippen LogP contribution in [0.2, 0.25) is 0 Å². The molecule has 0 N–H and O–H groups in total. The molecule has 4 aromatic rings. The molecule has 0 aliphatic carbocycles. The predicted octanol–water partition coefficient (Wildman–Crippen LogP) is 8.20. The van der Waals surface area contributed by atoms with Crippen molar-refractivity contribution in [1.82, 2.24) is 29.6 Å². The zero-order chi connectivity index (χ0) is 37.5. The number of fused-ring (bicyclic) bond motifs is 2. The van der Waals surface area contributed by atoms with Crippen molar-refractivity contribution >= 4 is 64.3 Å². The number of benzene rings is 2. The summed E-state index contributed by atoms with van der Waals surface area (Å²) in [5.74, 6) is 1.78. The number of aliphatic imine (C=N–C) groups is 2. The summed E-state index contributed by atoms with van der Waals surface area (Å²) >= 11 is 0. The van der Waals surface area contributed by atoms with Gasteiger partial charge in [0.05, 0.1) is 22.4 Å². The SMILES string of the molecule is CN(C)C(=Nc1cccc2c(N(C)C)ccnc12)N(C)C.CN(C)C(=Nc1cccc2c(N(C)C)ccnc12)N(C)C.F[P-](F)(F)(F)(F)F.[Cu+]. The first kappa shape index (κ1) is 44.0. The molecule has 0 amide bonds. The van der Waals surface area contributed by atoms with Crippen molar-refractivity contribution in [2.75, 3.05) is 94.4 Å². The van der Waals surface area contributed by atoms with Crippen molar-refractivity contribution in [3.63, 3.8) is 0 Å². The van der Waals surface area contributed by atoms with E-state index in [4.69, 9.17) is 9.98 Å². The molecule has 0 radical (unpaired) electrons. The van der Waals surface area contributed by atoms with Crippen LogP contribution in [0.15, 0.2) is 70.9 Å². The third kappa shape index (κ3) is 14.0. The third-order valence-corrected chi connectivity index (χ3v) is 6.46. The first-order valence-electron chi connectivity index (χ1n) is 14.8. The van der Waals surface area contributed by atoms with Gasteiger partial charge in [0.15, 0.2) is 0 Å². The van der Waals surface area contributed by atoms with Gasteiger partial charge in [-0.25, -0.2) is 9.98 Å². The summed E-state index contributed by atoms with van der Waals surface area (Å²) in [5.41, 5.74) is 5.90. The van der Waals surface area contributed by atoms with Gasteiger partial charge in [-0.05, 0) is 24.3 Å². The van der Waals surface area contributed by atoms with Gasteiger partial charge in [0.2, 0.25) is 11.9 Å². The molecule has 0 aliphatic heterocycles. The van der Waals surface area contributed by atoms with Crippen LogP contribution in [0.25, 0.3) is 21.8 Å². The molecule has 2 aromatic carbocycles. The maximum atomic E-state index is 9.87. The van der Waals surface area contributed by atoms with Crippen LogP contribution < -0.4 is 9.80 Å². The Morgan fingerprint density at radius 3 is 1.02 bits per heavy atom. The number of anilines is 2. The molecular formula is C32H46CuF6N10P. The van der Waals surface area contributed by atoms with Crippen molar-refractivity contribution in [3.8, 4) is 0 Å². The van der Waals surface area contributed by atoms with E-state index in [1.54, 1.807) is 0 Å². The Hall–Kier alpha value is -4.07. The molecular weight excluding hydrogens is 733 g/mol. The fourth-order valence-corrected chi connectivity index (χ4v) is 4.67. The molecule has 10 nitrogen and oxygen atoms in total. The van der Waals surface area contributed by atoms with E-state index >= 15 is 0 Å². The van der Waals surface area contributed by atoms with Crippen LogP contribution in [-0.2, 0) is 17.1 Å². The van der Waals surface area contributed by atoms with Crippen LogP contribution in [0, 0.1) is 0 Å². The minimum atomic E-state index is -10.7. The molecule has 4 rings (SSSR count). The van der Waals surface area contributed by atoms with Gasteiger partial charge in [-0.15, -0.1) is 0 Å². The van der Waals surface area contributed by atoms with Crippen molar-refractivity contribution in [3.05, 3.63) is 60.9 Å². The molecule has 2 heterocycles. The largest absolute Gasteiger partial charge is 1.00 e. The van der Waals surface area contributed by atoms with Gasteiger partial charge in [-0.2, -0.15) is 0 Å². The van der Waals surface area contributed by atoms with E-state index in [1.165, 1.54) is 0 Å². The summed E-state index contributed by atoms with van der Waals surface area (Å²) in [6, 6.07) is 16.3. The monoisotopic (exact) mass is 778 g/mol. The number of halogens is 6. The van der Waals surface area contributed by atoms with Crippen molar-refractivity contribution in [1.29, 1.82) is 0 Å². The van der Waals surface area contributed by atoms with Gasteiger partial charge < -0.3 is 29.4 Å². The van der Waals surface area contributed by atoms with E-state index < -0.39 is 7.81 Å². The Balaban J connectivity index is 0.000000414. The Labute approximate surface area is 300 Å². The zero-order valence-corrected chi connectivity index (χ0v) is 32.1. The number of hydrogen-bond acceptors (Lipinski definition) is 6. The Morgan fingerprint density at radius 1 is 0.500 bits per heavy atom. The molecule has 50 heavy (non-hydrogen) atoms. The smallest absolute Gasteiger partial charge is 1.00 e. The van der Waals surface area contributed by atoms with Gasteiger partial charge in [-0.1, -0.05) is 24.3 Å². The maximum absolute atomic E-state index is 10.7. The van der Waals surface area contributed by atoms with Gasteiger partial charge in [0, 0.05) is 119 Å². The van der Waals surface area contributed by atoms with Crippen molar-refractivity contribution < 1.29 is 42.3 Å². The molecule has 0 aliphatic rings. The normalized spacial score (nSPS) is 12.0. The van der Waals surface area contributed by atoms with E-state index in [0.29, 0.717) is 0 Å². The molecule has 18 heteroatoms. The Kier molecular flexibility index (Phi) is 14.3. The van der Waals surface area contributed by atoms with E-state index in [9.17, 15) is 25.2 Å². The minimum absolute atomic E-state index is 0. The van der Waals surface area contributed by atoms with Crippen LogP contribution in [0.3, 0.4) is 0 Å². The maximum Gasteiger partial charge on any atom is 1.00 e. The molecule has 0 spiro atoms. The number of rotatable bonds is 4. The third-order valence-electron chi connectivity index (χ3n) is 6.46. The summed E-state index contributed by atoms with van der Waals surface area (Å²) in [4.78, 5) is 30.8. The first-order chi connectivity index (χ1) is 22.3. The minimum Gasteiger partial charge on any atom is 1.00 e. The van der Waals surface area contributed by atoms with E-state index in [2.05, 4.69) is 31.9 Å². The molecule has 0 saturated heterocycles. The van der Waals surface area contributed by atoms with Crippen molar-refractivity contribution in [2.45, 2.75) is 0 Å². The van der Waals surface area contributed by atoms with Gasteiger partial charge in [0.1, 0.15) is 0 Å². The van der Waals surface area contributed by atoms with E-state index in [0.717, 1.165) is 56.5 Å². The predicted molar refractivity (Wildman–Crippen MR) is 195 cm³/mol. The molecule has 0 saturated carbocycles. The van der Waals surface area contributed by atoms with E-state index in [1.807, 2.05) is 153 Å². The van der Waals surface area contributed by atoms with Crippen LogP contribution in [0.5, 0.6) is 0 Å². The number of aromatic nitrogens is 2. The number of nitrogens with zero attached hydrogens (tertiary/aromatic N) is 10. The van der Waals surface area contributed by atoms with Gasteiger partial charge in [-0.3, -0.25) is 9.97 Å². The van der Waals surface area contributed by atoms with Crippen LogP contribution in [-0.4, -0.2) is 126 Å². The second-order valence-corrected chi connectivity index (χ2v) is 14.1. The fraction of sp³-hybridized carbons (Fsp3) is 0.375. The second-order valence-electron chi connectivity index (χ2n) is 12.2. The average molecular weight is 779 g/mol. The topological polar surface area (TPSA) is 69.9 Å². The number of hydrogen-bond donors (Lipinski definition) is 0.